The van der Waals surface area contributed by atoms with Crippen LogP contribution in [0.4, 0.5) is 0 Å². The summed E-state index contributed by atoms with van der Waals surface area (Å²) in [6.45, 7) is 18.6. The molecule has 1 radical (unpaired) electrons. The van der Waals surface area contributed by atoms with Gasteiger partial charge in [-0.2, -0.15) is 0 Å². The van der Waals surface area contributed by atoms with Gasteiger partial charge in [0, 0.05) is 0 Å². The molecule has 129 valence electrons. The molecule has 0 saturated heterocycles. The number of aliphatic imine (C=N–C) groups is 2. The molecule has 5 heteroatoms. The Morgan fingerprint density at radius 2 is 1.05 bits per heavy atom. The van der Waals surface area contributed by atoms with E-state index in [1.54, 1.807) is 0 Å². The van der Waals surface area contributed by atoms with Gasteiger partial charge in [0.15, 0.2) is 11.8 Å². The van der Waals surface area contributed by atoms with E-state index in [-0.39, 0.29) is 45.4 Å². The fraction of sp³-hybridized carbons (Fsp3) is 0.882. The Labute approximate surface area is 145 Å². The van der Waals surface area contributed by atoms with Crippen LogP contribution in [0.5, 0.6) is 0 Å². The predicted molar refractivity (Wildman–Crippen MR) is 87.0 cm³/mol. The molecule has 2 rings (SSSR count). The molecule has 0 amide bonds. The van der Waals surface area contributed by atoms with Crippen molar-refractivity contribution in [2.24, 2.45) is 26.2 Å². The summed E-state index contributed by atoms with van der Waals surface area (Å²) in [6.07, 6.45) is 0. The zero-order valence-electron chi connectivity index (χ0n) is 15.1. The summed E-state index contributed by atoms with van der Waals surface area (Å²) in [7, 11) is 0. The number of ether oxygens (including phenoxy) is 2. The minimum absolute atomic E-state index is 0. The zero-order valence-corrected chi connectivity index (χ0v) is 16.0. The van der Waals surface area contributed by atoms with Gasteiger partial charge in [-0.05, 0) is 24.7 Å². The van der Waals surface area contributed by atoms with Crippen molar-refractivity contribution in [2.45, 2.75) is 67.5 Å². The molecule has 2 aliphatic rings. The van der Waals surface area contributed by atoms with Crippen LogP contribution in [0.15, 0.2) is 9.98 Å². The minimum atomic E-state index is -0.389. The second-order valence-corrected chi connectivity index (χ2v) is 8.88. The maximum absolute atomic E-state index is 5.88. The van der Waals surface area contributed by atoms with Gasteiger partial charge < -0.3 is 9.47 Å². The first kappa shape index (κ1) is 19.5. The van der Waals surface area contributed by atoms with E-state index in [1.807, 2.05) is 0 Å². The standard InChI is InChI=1S/C17H30N2O2.Cu/c1-15(2,3)11-9-20-13(18-11)17(7,8)14-19-12(10-21-14)16(4,5)6;/h11-12H,9-10H2,1-8H3;/q;+2/t11-,12-;/m1./s1. The van der Waals surface area contributed by atoms with Crippen molar-refractivity contribution < 1.29 is 26.5 Å². The zero-order chi connectivity index (χ0) is 16.1. The third-order valence-electron chi connectivity index (χ3n) is 4.37. The maximum atomic E-state index is 5.88. The molecule has 4 nitrogen and oxygen atoms in total. The predicted octanol–water partition coefficient (Wildman–Crippen LogP) is 3.70. The van der Waals surface area contributed by atoms with E-state index in [9.17, 15) is 0 Å². The topological polar surface area (TPSA) is 43.2 Å². The van der Waals surface area contributed by atoms with Gasteiger partial charge in [-0.1, -0.05) is 41.5 Å². The minimum Gasteiger partial charge on any atom is -0.478 e. The van der Waals surface area contributed by atoms with Gasteiger partial charge in [-0.25, -0.2) is 9.98 Å². The Bertz CT molecular complexity index is 428. The first-order valence-electron chi connectivity index (χ1n) is 7.84. The first-order valence-corrected chi connectivity index (χ1v) is 7.84. The van der Waals surface area contributed by atoms with Crippen molar-refractivity contribution in [3.63, 3.8) is 0 Å². The largest absolute Gasteiger partial charge is 2.00 e. The van der Waals surface area contributed by atoms with Crippen molar-refractivity contribution in [1.82, 2.24) is 0 Å². The van der Waals surface area contributed by atoms with Crippen LogP contribution in [-0.2, 0) is 26.5 Å². The Kier molecular flexibility index (Phi) is 5.46. The fourth-order valence-corrected chi connectivity index (χ4v) is 2.41. The molecular formula is C17H30CuN2O2+2. The average Bonchev–Trinajstić information content (AvgIpc) is 2.97. The Morgan fingerprint density at radius 1 is 0.727 bits per heavy atom. The summed E-state index contributed by atoms with van der Waals surface area (Å²) >= 11 is 0. The molecule has 0 aromatic heterocycles. The van der Waals surface area contributed by atoms with Crippen LogP contribution in [0, 0.1) is 16.2 Å². The van der Waals surface area contributed by atoms with Crippen LogP contribution in [0.1, 0.15) is 55.4 Å². The first-order chi connectivity index (χ1) is 9.42. The van der Waals surface area contributed by atoms with E-state index in [0.717, 1.165) is 11.8 Å². The maximum Gasteiger partial charge on any atom is 2.00 e. The van der Waals surface area contributed by atoms with Crippen LogP contribution in [0.2, 0.25) is 0 Å². The van der Waals surface area contributed by atoms with E-state index < -0.39 is 0 Å². The van der Waals surface area contributed by atoms with Crippen molar-refractivity contribution in [3.8, 4) is 0 Å². The summed E-state index contributed by atoms with van der Waals surface area (Å²) in [5.41, 5.74) is -0.158. The molecule has 0 aromatic rings. The smallest absolute Gasteiger partial charge is 0.478 e. The second-order valence-electron chi connectivity index (χ2n) is 8.88. The van der Waals surface area contributed by atoms with Crippen LogP contribution >= 0.6 is 0 Å². The van der Waals surface area contributed by atoms with Gasteiger partial charge >= 0.3 is 17.1 Å². The third-order valence-corrected chi connectivity index (χ3v) is 4.37. The molecule has 0 spiro atoms. The monoisotopic (exact) mass is 357 g/mol. The van der Waals surface area contributed by atoms with Gasteiger partial charge in [0.05, 0.1) is 12.1 Å². The van der Waals surface area contributed by atoms with E-state index >= 15 is 0 Å². The number of hydrogen-bond acceptors (Lipinski definition) is 4. The molecule has 2 aliphatic heterocycles. The third kappa shape index (κ3) is 3.86. The van der Waals surface area contributed by atoms with Gasteiger partial charge in [0.2, 0.25) is 0 Å². The normalized spacial score (nSPS) is 25.8. The van der Waals surface area contributed by atoms with Crippen LogP contribution in [0.3, 0.4) is 0 Å². The molecule has 0 aromatic carbocycles. The van der Waals surface area contributed by atoms with Gasteiger partial charge in [-0.15, -0.1) is 0 Å². The Morgan fingerprint density at radius 3 is 1.27 bits per heavy atom. The quantitative estimate of drug-likeness (QED) is 0.707. The number of nitrogens with zero attached hydrogens (tertiary/aromatic N) is 2. The molecular weight excluding hydrogens is 328 g/mol. The average molecular weight is 358 g/mol. The SMILES string of the molecule is CC(C)(C1=N[C@@H](C(C)(C)C)CO1)C1=N[C@@H](C(C)(C)C)CO1.[Cu+2]. The Balaban J connectivity index is 0.00000242. The molecule has 2 atom stereocenters. The van der Waals surface area contributed by atoms with Crippen molar-refractivity contribution in [2.75, 3.05) is 13.2 Å². The molecule has 0 bridgehead atoms. The molecule has 0 fully saturated rings. The molecule has 2 heterocycles. The summed E-state index contributed by atoms with van der Waals surface area (Å²) in [5.74, 6) is 1.52. The fourth-order valence-electron chi connectivity index (χ4n) is 2.41. The van der Waals surface area contributed by atoms with Gasteiger partial charge in [0.25, 0.3) is 0 Å². The van der Waals surface area contributed by atoms with E-state index in [1.165, 1.54) is 0 Å². The van der Waals surface area contributed by atoms with Crippen molar-refractivity contribution in [1.29, 1.82) is 0 Å². The second kappa shape index (κ2) is 6.16. The molecule has 22 heavy (non-hydrogen) atoms. The summed E-state index contributed by atoms with van der Waals surface area (Å²) in [4.78, 5) is 9.59. The molecule has 0 saturated carbocycles. The molecule has 0 N–H and O–H groups in total. The summed E-state index contributed by atoms with van der Waals surface area (Å²) in [5, 5.41) is 0. The summed E-state index contributed by atoms with van der Waals surface area (Å²) in [6, 6.07) is 0.402. The molecule has 0 aliphatic carbocycles. The molecule has 0 unspecified atom stereocenters. The van der Waals surface area contributed by atoms with Crippen molar-refractivity contribution in [3.05, 3.63) is 0 Å². The van der Waals surface area contributed by atoms with Crippen LogP contribution < -0.4 is 0 Å². The number of rotatable bonds is 2. The van der Waals surface area contributed by atoms with Gasteiger partial charge in [0.1, 0.15) is 18.6 Å². The van der Waals surface area contributed by atoms with E-state index in [0.29, 0.717) is 13.2 Å². The number of hydrogen-bond donors (Lipinski definition) is 0. The van der Waals surface area contributed by atoms with Crippen LogP contribution in [0.25, 0.3) is 0 Å². The van der Waals surface area contributed by atoms with Gasteiger partial charge in [-0.3, -0.25) is 0 Å². The van der Waals surface area contributed by atoms with E-state index in [4.69, 9.17) is 19.5 Å². The summed E-state index contributed by atoms with van der Waals surface area (Å²) < 4.78 is 11.8. The Hall–Kier alpha value is -0.541. The van der Waals surface area contributed by atoms with Crippen molar-refractivity contribution >= 4 is 11.8 Å². The van der Waals surface area contributed by atoms with E-state index in [2.05, 4.69) is 55.4 Å². The van der Waals surface area contributed by atoms with Crippen LogP contribution in [-0.4, -0.2) is 37.1 Å².